The lowest BCUT2D eigenvalue weighted by atomic mass is 10.1. The van der Waals surface area contributed by atoms with Crippen molar-refractivity contribution in [3.63, 3.8) is 0 Å². The lowest BCUT2D eigenvalue weighted by Gasteiger charge is -2.11. The Morgan fingerprint density at radius 3 is 2.00 bits per heavy atom. The molecular weight excluding hydrogens is 110 g/mol. The van der Waals surface area contributed by atoms with Crippen LogP contribution >= 0.6 is 0 Å². The number of hydrogen-bond donors (Lipinski definition) is 1. The first kappa shape index (κ1) is 8.28. The van der Waals surface area contributed by atoms with E-state index in [0.717, 1.165) is 11.4 Å². The molecule has 0 rings (SSSR count). The van der Waals surface area contributed by atoms with Gasteiger partial charge in [0.1, 0.15) is 0 Å². The predicted octanol–water partition coefficient (Wildman–Crippen LogP) is 2.53. The van der Waals surface area contributed by atoms with E-state index in [0.29, 0.717) is 5.92 Å². The monoisotopic (exact) mass is 127 g/mol. The fourth-order valence-electron chi connectivity index (χ4n) is 0.418. The van der Waals surface area contributed by atoms with Crippen LogP contribution in [0, 0.1) is 5.92 Å². The summed E-state index contributed by atoms with van der Waals surface area (Å²) in [5.74, 6) is 0.488. The first-order valence-electron chi connectivity index (χ1n) is 3.15. The van der Waals surface area contributed by atoms with E-state index in [1.165, 1.54) is 0 Å². The highest BCUT2D eigenvalue weighted by molar-refractivity contribution is 5.03. The summed E-state index contributed by atoms with van der Waals surface area (Å²) in [6.07, 6.45) is 0. The average Bonchev–Trinajstić information content (AvgIpc) is 1.63. The Morgan fingerprint density at radius 2 is 1.89 bits per heavy atom. The van der Waals surface area contributed by atoms with Crippen LogP contribution in [-0.2, 0) is 0 Å². The number of rotatable bonds is 3. The van der Waals surface area contributed by atoms with E-state index in [1.54, 1.807) is 0 Å². The molecule has 0 saturated heterocycles. The van der Waals surface area contributed by atoms with Crippen LogP contribution in [0.1, 0.15) is 22.2 Å². The Kier molecular flexibility index (Phi) is 3.07. The van der Waals surface area contributed by atoms with Gasteiger partial charge in [-0.15, -0.1) is 0 Å². The zero-order chi connectivity index (χ0) is 7.44. The maximum atomic E-state index is 3.82. The van der Waals surface area contributed by atoms with Crippen molar-refractivity contribution in [2.24, 2.45) is 5.92 Å². The van der Waals surface area contributed by atoms with Crippen LogP contribution in [0.25, 0.3) is 0 Å². The Labute approximate surface area is 58.9 Å². The lowest BCUT2D eigenvalue weighted by molar-refractivity contribution is 0.705. The quantitative estimate of drug-likeness (QED) is 0.614. The molecular formula is C8H17N. The Bertz CT molecular complexity index is 127. The number of allylic oxidation sites excluding steroid dienone is 2. The summed E-state index contributed by atoms with van der Waals surface area (Å²) < 4.78 is 0. The first-order valence-corrected chi connectivity index (χ1v) is 3.15. The predicted molar refractivity (Wildman–Crippen MR) is 44.0 cm³/mol. The van der Waals surface area contributed by atoms with Gasteiger partial charge in [-0.2, -0.15) is 0 Å². The van der Waals surface area contributed by atoms with Crippen LogP contribution < -0.4 is 5.32 Å². The second kappa shape index (κ2) is 3.33. The Balaban J connectivity index is 0. The third-order valence-electron chi connectivity index (χ3n) is 1.07. The second-order valence-electron chi connectivity index (χ2n) is 2.59. The molecule has 54 valence electrons. The second-order valence-corrected chi connectivity index (χ2v) is 2.59. The van der Waals surface area contributed by atoms with Gasteiger partial charge >= 0.3 is 0 Å². The van der Waals surface area contributed by atoms with Gasteiger partial charge in [-0.05, 0) is 12.8 Å². The molecule has 9 heavy (non-hydrogen) atoms. The highest BCUT2D eigenvalue weighted by Gasteiger charge is 1.96. The van der Waals surface area contributed by atoms with Gasteiger partial charge in [0.2, 0.25) is 0 Å². The molecule has 0 atom stereocenters. The van der Waals surface area contributed by atoms with Crippen molar-refractivity contribution in [2.75, 3.05) is 0 Å². The van der Waals surface area contributed by atoms with Crippen molar-refractivity contribution in [2.45, 2.75) is 20.8 Å². The van der Waals surface area contributed by atoms with Crippen LogP contribution in [-0.4, -0.2) is 0 Å². The Hall–Kier alpha value is -0.720. The van der Waals surface area contributed by atoms with Crippen molar-refractivity contribution in [1.82, 2.24) is 5.32 Å². The molecule has 0 radical (unpaired) electrons. The van der Waals surface area contributed by atoms with Crippen LogP contribution in [0.5, 0.6) is 0 Å². The van der Waals surface area contributed by atoms with Crippen molar-refractivity contribution >= 4 is 0 Å². The van der Waals surface area contributed by atoms with E-state index in [2.05, 4.69) is 32.3 Å². The van der Waals surface area contributed by atoms with E-state index in [9.17, 15) is 0 Å². The van der Waals surface area contributed by atoms with Crippen molar-refractivity contribution in [1.29, 1.82) is 0 Å². The normalized spacial score (nSPS) is 9.33. The fraction of sp³-hybridized carbons (Fsp3) is 0.500. The standard InChI is InChI=1S/C8H15N.H2/c1-6(2)8(5)9-7(3)4;/h6,9H,3,5H2,1-2,4H3;1H. The highest BCUT2D eigenvalue weighted by atomic mass is 14.9. The molecule has 0 saturated carbocycles. The maximum Gasteiger partial charge on any atom is 0.0101 e. The van der Waals surface area contributed by atoms with Gasteiger partial charge in [0.25, 0.3) is 0 Å². The average molecular weight is 127 g/mol. The molecule has 0 heterocycles. The molecule has 1 N–H and O–H groups in total. The molecule has 0 aliphatic carbocycles. The molecule has 0 amide bonds. The minimum absolute atomic E-state index is 0. The molecule has 0 aromatic heterocycles. The van der Waals surface area contributed by atoms with Crippen molar-refractivity contribution in [3.05, 3.63) is 24.6 Å². The van der Waals surface area contributed by atoms with Crippen LogP contribution in [0.2, 0.25) is 0 Å². The van der Waals surface area contributed by atoms with Crippen LogP contribution in [0.4, 0.5) is 0 Å². The number of hydrogen-bond acceptors (Lipinski definition) is 1. The third-order valence-corrected chi connectivity index (χ3v) is 1.07. The van der Waals surface area contributed by atoms with Crippen LogP contribution in [0.3, 0.4) is 0 Å². The Morgan fingerprint density at radius 1 is 1.44 bits per heavy atom. The summed E-state index contributed by atoms with van der Waals surface area (Å²) in [4.78, 5) is 0. The van der Waals surface area contributed by atoms with E-state index in [1.807, 2.05) is 6.92 Å². The van der Waals surface area contributed by atoms with Gasteiger partial charge in [0, 0.05) is 12.8 Å². The third kappa shape index (κ3) is 3.83. The van der Waals surface area contributed by atoms with Crippen molar-refractivity contribution < 1.29 is 1.43 Å². The molecule has 0 fully saturated rings. The smallest absolute Gasteiger partial charge is 0.0101 e. The van der Waals surface area contributed by atoms with E-state index in [-0.39, 0.29) is 1.43 Å². The zero-order valence-corrected chi connectivity index (χ0v) is 6.49. The molecule has 0 spiro atoms. The first-order chi connectivity index (χ1) is 4.04. The number of nitrogens with one attached hydrogen (secondary N) is 1. The molecule has 0 aromatic rings. The molecule has 1 heteroatoms. The van der Waals surface area contributed by atoms with E-state index in [4.69, 9.17) is 0 Å². The van der Waals surface area contributed by atoms with Crippen molar-refractivity contribution in [3.8, 4) is 0 Å². The minimum atomic E-state index is 0. The van der Waals surface area contributed by atoms with Crippen LogP contribution in [0.15, 0.2) is 24.6 Å². The largest absolute Gasteiger partial charge is 0.363 e. The van der Waals surface area contributed by atoms with Gasteiger partial charge in [-0.25, -0.2) is 0 Å². The highest BCUT2D eigenvalue weighted by Crippen LogP contribution is 2.03. The topological polar surface area (TPSA) is 12.0 Å². The van der Waals surface area contributed by atoms with Gasteiger partial charge < -0.3 is 5.32 Å². The summed E-state index contributed by atoms with van der Waals surface area (Å²) in [7, 11) is 0. The summed E-state index contributed by atoms with van der Waals surface area (Å²) >= 11 is 0. The van der Waals surface area contributed by atoms with E-state index < -0.39 is 0 Å². The minimum Gasteiger partial charge on any atom is -0.363 e. The van der Waals surface area contributed by atoms with Gasteiger partial charge in [-0.3, -0.25) is 0 Å². The van der Waals surface area contributed by atoms with E-state index >= 15 is 0 Å². The summed E-state index contributed by atoms with van der Waals surface area (Å²) in [6, 6.07) is 0. The van der Waals surface area contributed by atoms with Gasteiger partial charge in [0.15, 0.2) is 0 Å². The zero-order valence-electron chi connectivity index (χ0n) is 6.49. The SMILES string of the molecule is C=C(C)NC(=C)C(C)C.[HH]. The molecule has 0 unspecified atom stereocenters. The van der Waals surface area contributed by atoms with Gasteiger partial charge in [-0.1, -0.05) is 27.0 Å². The summed E-state index contributed by atoms with van der Waals surface area (Å²) in [5, 5.41) is 3.05. The maximum absolute atomic E-state index is 3.82. The summed E-state index contributed by atoms with van der Waals surface area (Å²) in [6.45, 7) is 13.6. The lowest BCUT2D eigenvalue weighted by Crippen LogP contribution is -2.12. The van der Waals surface area contributed by atoms with Gasteiger partial charge in [0.05, 0.1) is 0 Å². The molecule has 0 aromatic carbocycles. The fourth-order valence-corrected chi connectivity index (χ4v) is 0.418. The molecule has 0 aliphatic heterocycles. The molecule has 0 bridgehead atoms. The molecule has 1 nitrogen and oxygen atoms in total. The molecule has 0 aliphatic rings. The summed E-state index contributed by atoms with van der Waals surface area (Å²) in [5.41, 5.74) is 1.98.